The lowest BCUT2D eigenvalue weighted by atomic mass is 10.3. The molecule has 1 aromatic heterocycles. The van der Waals surface area contributed by atoms with E-state index in [2.05, 4.69) is 5.32 Å². The summed E-state index contributed by atoms with van der Waals surface area (Å²) in [5, 5.41) is 2.47. The summed E-state index contributed by atoms with van der Waals surface area (Å²) >= 11 is 0. The van der Waals surface area contributed by atoms with Crippen LogP contribution in [0.3, 0.4) is 0 Å². The number of para-hydroxylation sites is 2. The van der Waals surface area contributed by atoms with Gasteiger partial charge < -0.3 is 9.84 Å². The molecule has 2 aromatic rings. The van der Waals surface area contributed by atoms with Crippen LogP contribution >= 0.6 is 0 Å². The van der Waals surface area contributed by atoms with E-state index in [1.807, 2.05) is 24.3 Å². The molecule has 0 atom stereocenters. The molecule has 0 spiro atoms. The Morgan fingerprint density at radius 3 is 2.92 bits per heavy atom. The Balaban J connectivity index is 2.48. The van der Waals surface area contributed by atoms with Crippen LogP contribution in [0.15, 0.2) is 28.8 Å². The van der Waals surface area contributed by atoms with E-state index >= 15 is 0 Å². The molecular weight excluding hydrogens is 156 g/mol. The number of hydrogen-bond donors (Lipinski definition) is 1. The lowest BCUT2D eigenvalue weighted by molar-refractivity contribution is 0.213. The first-order valence-corrected chi connectivity index (χ1v) is 3.62. The van der Waals surface area contributed by atoms with Gasteiger partial charge in [0.25, 0.3) is 0 Å². The largest absolute Gasteiger partial charge is 0.368 e. The molecule has 0 bridgehead atoms. The third-order valence-electron chi connectivity index (χ3n) is 1.67. The second-order valence-electron chi connectivity index (χ2n) is 2.41. The molecule has 1 amide bonds. The number of amides is 1. The monoisotopic (exact) mass is 164 g/mol. The first-order valence-electron chi connectivity index (χ1n) is 3.62. The van der Waals surface area contributed by atoms with Gasteiger partial charge in [0, 0.05) is 7.05 Å². The molecule has 0 saturated heterocycles. The fourth-order valence-electron chi connectivity index (χ4n) is 1.06. The molecule has 1 N–H and O–H groups in total. The van der Waals surface area contributed by atoms with Crippen LogP contribution in [0.2, 0.25) is 0 Å². The van der Waals surface area contributed by atoms with Gasteiger partial charge in [0.05, 0.1) is 0 Å². The molecule has 0 saturated carbocycles. The molecule has 0 aliphatic heterocycles. The Hall–Kier alpha value is -1.71. The number of hydrogen-bond acceptors (Lipinski definition) is 2. The number of fused-ring (bicyclic) bond motifs is 1. The predicted octanol–water partition coefficient (Wildman–Crippen LogP) is 1.42. The van der Waals surface area contributed by atoms with Crippen LogP contribution in [0.1, 0.15) is 0 Å². The summed E-state index contributed by atoms with van der Waals surface area (Å²) in [5.74, 6) is 0. The van der Waals surface area contributed by atoms with Crippen molar-refractivity contribution in [1.29, 1.82) is 0 Å². The zero-order valence-electron chi connectivity index (χ0n) is 6.57. The van der Waals surface area contributed by atoms with Crippen molar-refractivity contribution in [2.75, 3.05) is 7.05 Å². The SMILES string of the molecule is CNC(=O)n1oc2ccccc21. The van der Waals surface area contributed by atoms with Crippen LogP contribution in [-0.4, -0.2) is 17.8 Å². The molecule has 0 aliphatic carbocycles. The highest BCUT2D eigenvalue weighted by molar-refractivity contribution is 5.88. The smallest absolute Gasteiger partial charge is 0.355 e. The summed E-state index contributed by atoms with van der Waals surface area (Å²) in [7, 11) is 1.56. The van der Waals surface area contributed by atoms with Crippen molar-refractivity contribution in [3.63, 3.8) is 0 Å². The van der Waals surface area contributed by atoms with Gasteiger partial charge in [-0.1, -0.05) is 12.1 Å². The number of carbonyl (C=O) groups is 1. The van der Waals surface area contributed by atoms with E-state index in [1.54, 1.807) is 7.05 Å². The quantitative estimate of drug-likeness (QED) is 0.640. The number of rotatable bonds is 0. The fourth-order valence-corrected chi connectivity index (χ4v) is 1.06. The van der Waals surface area contributed by atoms with Crippen LogP contribution < -0.4 is 5.32 Å². The number of aromatic nitrogens is 1. The normalized spacial score (nSPS) is 10.4. The first-order chi connectivity index (χ1) is 5.83. The van der Waals surface area contributed by atoms with Crippen molar-refractivity contribution in [2.45, 2.75) is 0 Å². The summed E-state index contributed by atoms with van der Waals surface area (Å²) in [4.78, 5) is 11.0. The van der Waals surface area contributed by atoms with Gasteiger partial charge in [0.15, 0.2) is 5.58 Å². The van der Waals surface area contributed by atoms with Crippen molar-refractivity contribution in [1.82, 2.24) is 10.1 Å². The molecule has 1 heterocycles. The molecule has 2 rings (SSSR count). The van der Waals surface area contributed by atoms with E-state index in [9.17, 15) is 4.79 Å². The molecule has 4 heteroatoms. The molecule has 4 nitrogen and oxygen atoms in total. The number of nitrogens with zero attached hydrogens (tertiary/aromatic N) is 1. The highest BCUT2D eigenvalue weighted by atomic mass is 16.5. The zero-order valence-corrected chi connectivity index (χ0v) is 6.57. The average Bonchev–Trinajstić information content (AvgIpc) is 2.07. The minimum absolute atomic E-state index is 0.256. The second-order valence-corrected chi connectivity index (χ2v) is 2.41. The molecule has 12 heavy (non-hydrogen) atoms. The molecule has 1 aromatic carbocycles. The predicted molar refractivity (Wildman–Crippen MR) is 44.1 cm³/mol. The van der Waals surface area contributed by atoms with Gasteiger partial charge in [-0.25, -0.2) is 4.79 Å². The van der Waals surface area contributed by atoms with E-state index in [-0.39, 0.29) is 6.03 Å². The lowest BCUT2D eigenvalue weighted by Crippen LogP contribution is -2.26. The topological polar surface area (TPSA) is 47.2 Å². The van der Waals surface area contributed by atoms with Crippen molar-refractivity contribution in [2.24, 2.45) is 0 Å². The molecule has 0 aliphatic rings. The third-order valence-corrected chi connectivity index (χ3v) is 1.67. The molecular formula is C8H8N2O2. The minimum Gasteiger partial charge on any atom is -0.368 e. The maximum atomic E-state index is 11.0. The highest BCUT2D eigenvalue weighted by Gasteiger charge is 2.12. The number of nitrogens with one attached hydrogen (secondary N) is 1. The van der Waals surface area contributed by atoms with Gasteiger partial charge in [0.1, 0.15) is 5.52 Å². The van der Waals surface area contributed by atoms with E-state index in [0.717, 1.165) is 11.1 Å². The van der Waals surface area contributed by atoms with E-state index in [0.29, 0.717) is 0 Å². The third kappa shape index (κ3) is 0.812. The maximum Gasteiger partial charge on any atom is 0.355 e. The van der Waals surface area contributed by atoms with Crippen molar-refractivity contribution in [3.05, 3.63) is 24.3 Å². The molecule has 62 valence electrons. The highest BCUT2D eigenvalue weighted by Crippen LogP contribution is 2.17. The average molecular weight is 164 g/mol. The summed E-state index contributed by atoms with van der Waals surface area (Å²) in [6.45, 7) is 0. The maximum absolute atomic E-state index is 11.0. The van der Waals surface area contributed by atoms with E-state index < -0.39 is 0 Å². The van der Waals surface area contributed by atoms with Gasteiger partial charge in [-0.2, -0.15) is 0 Å². The number of carbonyl (C=O) groups excluding carboxylic acids is 1. The summed E-state index contributed by atoms with van der Waals surface area (Å²) < 4.78 is 6.28. The van der Waals surface area contributed by atoms with Crippen LogP contribution in [0.25, 0.3) is 11.1 Å². The first kappa shape index (κ1) is 6.97. The molecule has 0 fully saturated rings. The Kier molecular flexibility index (Phi) is 1.40. The summed E-state index contributed by atoms with van der Waals surface area (Å²) in [6, 6.07) is 7.11. The van der Waals surface area contributed by atoms with Gasteiger partial charge in [-0.05, 0) is 12.1 Å². The van der Waals surface area contributed by atoms with Gasteiger partial charge >= 0.3 is 6.03 Å². The molecule has 0 radical (unpaired) electrons. The van der Waals surface area contributed by atoms with Crippen molar-refractivity contribution in [3.8, 4) is 0 Å². The van der Waals surface area contributed by atoms with Gasteiger partial charge in [0.2, 0.25) is 0 Å². The van der Waals surface area contributed by atoms with Crippen molar-refractivity contribution < 1.29 is 9.32 Å². The fraction of sp³-hybridized carbons (Fsp3) is 0.125. The van der Waals surface area contributed by atoms with E-state index in [4.69, 9.17) is 4.52 Å². The van der Waals surface area contributed by atoms with Crippen LogP contribution in [0, 0.1) is 0 Å². The standard InChI is InChI=1S/C8H8N2O2/c1-9-8(11)10-6-4-2-3-5-7(6)12-10/h2-5H,1H3,(H,9,11). The second kappa shape index (κ2) is 2.41. The van der Waals surface area contributed by atoms with Gasteiger partial charge in [-0.15, -0.1) is 4.74 Å². The Labute approximate surface area is 68.7 Å². The van der Waals surface area contributed by atoms with Crippen LogP contribution in [0.5, 0.6) is 0 Å². The van der Waals surface area contributed by atoms with Gasteiger partial charge in [-0.3, -0.25) is 0 Å². The van der Waals surface area contributed by atoms with Crippen molar-refractivity contribution >= 4 is 17.1 Å². The Morgan fingerprint density at radius 1 is 1.50 bits per heavy atom. The van der Waals surface area contributed by atoms with E-state index in [1.165, 1.54) is 4.74 Å². The van der Waals surface area contributed by atoms with Crippen LogP contribution in [0.4, 0.5) is 4.79 Å². The molecule has 0 unspecified atom stereocenters. The Bertz CT molecular complexity index is 413. The Morgan fingerprint density at radius 2 is 2.25 bits per heavy atom. The zero-order chi connectivity index (χ0) is 8.55. The summed E-state index contributed by atoms with van der Waals surface area (Å²) in [6.07, 6.45) is 0. The number of benzene rings is 1. The lowest BCUT2D eigenvalue weighted by Gasteiger charge is -2.10. The minimum atomic E-state index is -0.256. The summed E-state index contributed by atoms with van der Waals surface area (Å²) in [5.41, 5.74) is 1.54. The van der Waals surface area contributed by atoms with Crippen LogP contribution in [-0.2, 0) is 0 Å².